The monoisotopic (exact) mass is 235 g/mol. The number of alkyl halides is 1. The number of carbonyl (C=O) groups excluding carboxylic acids is 1. The van der Waals surface area contributed by atoms with Gasteiger partial charge in [-0.25, -0.2) is 0 Å². The van der Waals surface area contributed by atoms with E-state index in [0.29, 0.717) is 12.4 Å². The van der Waals surface area contributed by atoms with E-state index in [1.165, 1.54) is 12.8 Å². The van der Waals surface area contributed by atoms with Crippen molar-refractivity contribution in [1.29, 1.82) is 0 Å². The average molecular weight is 236 g/mol. The lowest BCUT2D eigenvalue weighted by molar-refractivity contribution is -0.130. The Balaban J connectivity index is 2.43. The minimum atomic E-state index is 0.201. The van der Waals surface area contributed by atoms with Crippen molar-refractivity contribution in [2.45, 2.75) is 31.4 Å². The minimum Gasteiger partial charge on any atom is -0.341 e. The van der Waals surface area contributed by atoms with Gasteiger partial charge in [0.25, 0.3) is 0 Å². The summed E-state index contributed by atoms with van der Waals surface area (Å²) in [6.45, 7) is 3.48. The number of carbonyl (C=O) groups is 1. The van der Waals surface area contributed by atoms with Gasteiger partial charge in [0.1, 0.15) is 0 Å². The van der Waals surface area contributed by atoms with Gasteiger partial charge < -0.3 is 4.90 Å². The highest BCUT2D eigenvalue weighted by atomic mass is 35.5. The van der Waals surface area contributed by atoms with Gasteiger partial charge in [-0.3, -0.25) is 4.79 Å². The van der Waals surface area contributed by atoms with E-state index < -0.39 is 0 Å². The molecule has 14 heavy (non-hydrogen) atoms. The summed E-state index contributed by atoms with van der Waals surface area (Å²) in [5.41, 5.74) is 0. The predicted octanol–water partition coefficient (Wildman–Crippen LogP) is 2.36. The number of rotatable bonds is 4. The van der Waals surface area contributed by atoms with Gasteiger partial charge in [0, 0.05) is 19.0 Å². The van der Waals surface area contributed by atoms with Gasteiger partial charge in [-0.2, -0.15) is 0 Å². The van der Waals surface area contributed by atoms with E-state index in [0.717, 1.165) is 18.7 Å². The topological polar surface area (TPSA) is 20.3 Å². The van der Waals surface area contributed by atoms with Gasteiger partial charge in [-0.15, -0.1) is 23.4 Å². The standard InChI is InChI=1S/C10H18ClNOS/c1-2-12(7-6-11)10(13)9-5-3-4-8-14-9/h9H,2-8H2,1H3. The number of thioether (sulfide) groups is 1. The summed E-state index contributed by atoms with van der Waals surface area (Å²) in [5, 5.41) is 0.201. The van der Waals surface area contributed by atoms with Crippen LogP contribution in [0.15, 0.2) is 0 Å². The molecule has 0 aromatic heterocycles. The molecule has 0 aromatic carbocycles. The van der Waals surface area contributed by atoms with E-state index in [9.17, 15) is 4.79 Å². The van der Waals surface area contributed by atoms with Crippen molar-refractivity contribution in [3.05, 3.63) is 0 Å². The van der Waals surface area contributed by atoms with Crippen LogP contribution in [-0.2, 0) is 4.79 Å². The first kappa shape index (κ1) is 12.2. The summed E-state index contributed by atoms with van der Waals surface area (Å²) in [5.74, 6) is 1.96. The average Bonchev–Trinajstić information content (AvgIpc) is 2.26. The van der Waals surface area contributed by atoms with Gasteiger partial charge in [-0.1, -0.05) is 6.42 Å². The van der Waals surface area contributed by atoms with Crippen molar-refractivity contribution in [3.8, 4) is 0 Å². The summed E-state index contributed by atoms with van der Waals surface area (Å²) >= 11 is 7.46. The molecular weight excluding hydrogens is 218 g/mol. The Morgan fingerprint density at radius 2 is 2.36 bits per heavy atom. The summed E-state index contributed by atoms with van der Waals surface area (Å²) in [6, 6.07) is 0. The van der Waals surface area contributed by atoms with Crippen LogP contribution in [-0.4, -0.2) is 40.8 Å². The van der Waals surface area contributed by atoms with Gasteiger partial charge in [0.2, 0.25) is 5.91 Å². The zero-order chi connectivity index (χ0) is 10.4. The van der Waals surface area contributed by atoms with Crippen molar-refractivity contribution in [3.63, 3.8) is 0 Å². The van der Waals surface area contributed by atoms with Crippen LogP contribution in [0.25, 0.3) is 0 Å². The molecule has 82 valence electrons. The normalized spacial score (nSPS) is 22.0. The van der Waals surface area contributed by atoms with Crippen molar-refractivity contribution >= 4 is 29.3 Å². The molecule has 1 aliphatic heterocycles. The lowest BCUT2D eigenvalue weighted by Crippen LogP contribution is -2.39. The number of hydrogen-bond donors (Lipinski definition) is 0. The molecule has 1 atom stereocenters. The Hall–Kier alpha value is 0.110. The quantitative estimate of drug-likeness (QED) is 0.698. The Morgan fingerprint density at radius 3 is 2.86 bits per heavy atom. The SMILES string of the molecule is CCN(CCCl)C(=O)C1CCCCS1. The molecule has 0 N–H and O–H groups in total. The van der Waals surface area contributed by atoms with Crippen LogP contribution < -0.4 is 0 Å². The zero-order valence-corrected chi connectivity index (χ0v) is 10.2. The lowest BCUT2D eigenvalue weighted by atomic mass is 10.1. The van der Waals surface area contributed by atoms with Crippen LogP contribution in [0.1, 0.15) is 26.2 Å². The highest BCUT2D eigenvalue weighted by molar-refractivity contribution is 8.00. The van der Waals surface area contributed by atoms with E-state index in [1.54, 1.807) is 11.8 Å². The van der Waals surface area contributed by atoms with Crippen LogP contribution in [0.2, 0.25) is 0 Å². The summed E-state index contributed by atoms with van der Waals surface area (Å²) < 4.78 is 0. The maximum absolute atomic E-state index is 12.0. The maximum Gasteiger partial charge on any atom is 0.235 e. The van der Waals surface area contributed by atoms with E-state index in [1.807, 2.05) is 11.8 Å². The molecule has 1 fully saturated rings. The minimum absolute atomic E-state index is 0.201. The van der Waals surface area contributed by atoms with E-state index in [2.05, 4.69) is 0 Å². The van der Waals surface area contributed by atoms with Crippen molar-refractivity contribution in [2.75, 3.05) is 24.7 Å². The number of amides is 1. The van der Waals surface area contributed by atoms with Crippen LogP contribution in [0.5, 0.6) is 0 Å². The largest absolute Gasteiger partial charge is 0.341 e. The molecule has 0 bridgehead atoms. The van der Waals surface area contributed by atoms with E-state index >= 15 is 0 Å². The van der Waals surface area contributed by atoms with Crippen LogP contribution in [0, 0.1) is 0 Å². The Morgan fingerprint density at radius 1 is 1.57 bits per heavy atom. The molecular formula is C10H18ClNOS. The fourth-order valence-corrected chi connectivity index (χ4v) is 3.15. The molecule has 1 rings (SSSR count). The van der Waals surface area contributed by atoms with Crippen molar-refractivity contribution < 1.29 is 4.79 Å². The fraction of sp³-hybridized carbons (Fsp3) is 0.900. The molecule has 0 radical (unpaired) electrons. The first-order chi connectivity index (χ1) is 6.79. The third kappa shape index (κ3) is 3.35. The molecule has 0 saturated carbocycles. The molecule has 0 spiro atoms. The van der Waals surface area contributed by atoms with Crippen molar-refractivity contribution in [1.82, 2.24) is 4.90 Å². The number of hydrogen-bond acceptors (Lipinski definition) is 2. The summed E-state index contributed by atoms with van der Waals surface area (Å²) in [4.78, 5) is 13.8. The third-order valence-corrected chi connectivity index (χ3v) is 4.04. The highest BCUT2D eigenvalue weighted by Gasteiger charge is 2.25. The molecule has 1 heterocycles. The molecule has 1 unspecified atom stereocenters. The van der Waals surface area contributed by atoms with Gasteiger partial charge in [0.05, 0.1) is 5.25 Å². The molecule has 4 heteroatoms. The molecule has 2 nitrogen and oxygen atoms in total. The fourth-order valence-electron chi connectivity index (χ4n) is 1.67. The molecule has 1 aliphatic rings. The zero-order valence-electron chi connectivity index (χ0n) is 8.67. The smallest absolute Gasteiger partial charge is 0.235 e. The van der Waals surface area contributed by atoms with E-state index in [4.69, 9.17) is 11.6 Å². The van der Waals surface area contributed by atoms with Crippen LogP contribution in [0.4, 0.5) is 0 Å². The Labute approximate surface area is 95.4 Å². The first-order valence-corrected chi connectivity index (χ1v) is 6.84. The number of halogens is 1. The van der Waals surface area contributed by atoms with Gasteiger partial charge in [-0.05, 0) is 25.5 Å². The van der Waals surface area contributed by atoms with Crippen LogP contribution in [0.3, 0.4) is 0 Å². The van der Waals surface area contributed by atoms with Crippen molar-refractivity contribution in [2.24, 2.45) is 0 Å². The molecule has 1 saturated heterocycles. The maximum atomic E-state index is 12.0. The lowest BCUT2D eigenvalue weighted by Gasteiger charge is -2.27. The second-order valence-electron chi connectivity index (χ2n) is 3.46. The molecule has 0 aromatic rings. The molecule has 0 aliphatic carbocycles. The second kappa shape index (κ2) is 6.57. The Bertz CT molecular complexity index is 176. The van der Waals surface area contributed by atoms with Crippen LogP contribution >= 0.6 is 23.4 Å². The first-order valence-electron chi connectivity index (χ1n) is 5.26. The number of nitrogens with zero attached hydrogens (tertiary/aromatic N) is 1. The summed E-state index contributed by atoms with van der Waals surface area (Å²) in [6.07, 6.45) is 3.50. The second-order valence-corrected chi connectivity index (χ2v) is 5.15. The molecule has 1 amide bonds. The Kier molecular flexibility index (Phi) is 5.71. The third-order valence-electron chi connectivity index (χ3n) is 2.50. The predicted molar refractivity (Wildman–Crippen MR) is 63.1 cm³/mol. The van der Waals surface area contributed by atoms with Gasteiger partial charge in [0.15, 0.2) is 0 Å². The highest BCUT2D eigenvalue weighted by Crippen LogP contribution is 2.26. The van der Waals surface area contributed by atoms with Gasteiger partial charge >= 0.3 is 0 Å². The van der Waals surface area contributed by atoms with E-state index in [-0.39, 0.29) is 11.2 Å². The summed E-state index contributed by atoms with van der Waals surface area (Å²) in [7, 11) is 0.